The maximum atomic E-state index is 4.00. The quantitative estimate of drug-likeness (QED) is 0.649. The summed E-state index contributed by atoms with van der Waals surface area (Å²) in [5.41, 5.74) is 1.14. The second-order valence-corrected chi connectivity index (χ2v) is 2.02. The Morgan fingerprint density at radius 2 is 2.56 bits per heavy atom. The van der Waals surface area contributed by atoms with Gasteiger partial charge in [0.1, 0.15) is 0 Å². The molecule has 0 saturated heterocycles. The van der Waals surface area contributed by atoms with E-state index in [0.717, 1.165) is 25.0 Å². The number of hydrogen-bond acceptors (Lipinski definition) is 1. The molecule has 0 aromatic carbocycles. The van der Waals surface area contributed by atoms with E-state index in [-0.39, 0.29) is 0 Å². The first kappa shape index (κ1) is 6.33. The third-order valence-electron chi connectivity index (χ3n) is 1.24. The van der Waals surface area contributed by atoms with Crippen molar-refractivity contribution in [1.82, 2.24) is 10.2 Å². The average Bonchev–Trinajstić information content (AvgIpc) is 2.34. The Bertz CT molecular complexity index is 144. The first-order chi connectivity index (χ1) is 4.43. The van der Waals surface area contributed by atoms with Crippen molar-refractivity contribution in [2.24, 2.45) is 0 Å². The molecule has 0 atom stereocenters. The largest absolute Gasteiger partial charge is 0.285 e. The zero-order chi connectivity index (χ0) is 6.53. The summed E-state index contributed by atoms with van der Waals surface area (Å²) in [6.07, 6.45) is 5.02. The zero-order valence-corrected chi connectivity index (χ0v) is 5.43. The Balaban J connectivity index is 2.30. The van der Waals surface area contributed by atoms with E-state index in [1.165, 1.54) is 0 Å². The third-order valence-corrected chi connectivity index (χ3v) is 1.24. The number of aromatic amines is 1. The second kappa shape index (κ2) is 3.28. The summed E-state index contributed by atoms with van der Waals surface area (Å²) in [4.78, 5) is 0. The highest BCUT2D eigenvalue weighted by molar-refractivity contribution is 4.96. The van der Waals surface area contributed by atoms with Crippen LogP contribution in [0.5, 0.6) is 0 Å². The van der Waals surface area contributed by atoms with Gasteiger partial charge in [-0.2, -0.15) is 5.10 Å². The summed E-state index contributed by atoms with van der Waals surface area (Å²) < 4.78 is 0. The normalized spacial score (nSPS) is 9.89. The molecule has 9 heavy (non-hydrogen) atoms. The topological polar surface area (TPSA) is 28.7 Å². The van der Waals surface area contributed by atoms with Crippen molar-refractivity contribution in [2.45, 2.75) is 19.3 Å². The van der Waals surface area contributed by atoms with Crippen molar-refractivity contribution < 1.29 is 0 Å². The van der Waals surface area contributed by atoms with Crippen LogP contribution in [0.2, 0.25) is 0 Å². The zero-order valence-electron chi connectivity index (χ0n) is 5.43. The average molecular weight is 123 g/mol. The van der Waals surface area contributed by atoms with Crippen molar-refractivity contribution in [3.05, 3.63) is 24.9 Å². The minimum absolute atomic E-state index is 0.993. The van der Waals surface area contributed by atoms with Crippen LogP contribution in [0.3, 0.4) is 0 Å². The van der Waals surface area contributed by atoms with E-state index >= 15 is 0 Å². The van der Waals surface area contributed by atoms with E-state index in [2.05, 4.69) is 17.1 Å². The van der Waals surface area contributed by atoms with Crippen LogP contribution in [0, 0.1) is 6.92 Å². The minimum atomic E-state index is 0.993. The Hall–Kier alpha value is -0.790. The monoisotopic (exact) mass is 123 g/mol. The van der Waals surface area contributed by atoms with Gasteiger partial charge < -0.3 is 0 Å². The van der Waals surface area contributed by atoms with E-state index in [1.54, 1.807) is 0 Å². The second-order valence-electron chi connectivity index (χ2n) is 2.02. The SMILES string of the molecule is [CH2]CCCc1cc[nH]n1. The van der Waals surface area contributed by atoms with Gasteiger partial charge >= 0.3 is 0 Å². The summed E-state index contributed by atoms with van der Waals surface area (Å²) in [5, 5.41) is 6.77. The molecule has 0 unspecified atom stereocenters. The van der Waals surface area contributed by atoms with E-state index in [9.17, 15) is 0 Å². The summed E-state index contributed by atoms with van der Waals surface area (Å²) >= 11 is 0. The highest BCUT2D eigenvalue weighted by atomic mass is 15.1. The van der Waals surface area contributed by atoms with Gasteiger partial charge in [-0.3, -0.25) is 5.10 Å². The number of nitrogens with one attached hydrogen (secondary N) is 1. The summed E-state index contributed by atoms with van der Waals surface area (Å²) in [6.45, 7) is 3.75. The molecule has 1 rings (SSSR count). The van der Waals surface area contributed by atoms with E-state index in [0.29, 0.717) is 0 Å². The van der Waals surface area contributed by atoms with Crippen LogP contribution in [0.15, 0.2) is 12.3 Å². The molecule has 2 heteroatoms. The van der Waals surface area contributed by atoms with Crippen LogP contribution >= 0.6 is 0 Å². The molecule has 0 amide bonds. The molecule has 0 aliphatic heterocycles. The molecule has 1 radical (unpaired) electrons. The predicted octanol–water partition coefficient (Wildman–Crippen LogP) is 1.57. The molecular formula is C7H11N2. The van der Waals surface area contributed by atoms with Crippen LogP contribution in [-0.2, 0) is 6.42 Å². The lowest BCUT2D eigenvalue weighted by atomic mass is 10.2. The Morgan fingerprint density at radius 1 is 1.67 bits per heavy atom. The number of H-pyrrole nitrogens is 1. The lowest BCUT2D eigenvalue weighted by Crippen LogP contribution is -1.83. The maximum absolute atomic E-state index is 4.00. The van der Waals surface area contributed by atoms with Crippen molar-refractivity contribution in [1.29, 1.82) is 0 Å². The fraction of sp³-hybridized carbons (Fsp3) is 0.429. The predicted molar refractivity (Wildman–Crippen MR) is 36.9 cm³/mol. The van der Waals surface area contributed by atoms with Gasteiger partial charge in [0, 0.05) is 6.20 Å². The van der Waals surface area contributed by atoms with Crippen molar-refractivity contribution in [3.8, 4) is 0 Å². The maximum Gasteiger partial charge on any atom is 0.0622 e. The molecule has 1 aromatic rings. The molecule has 2 nitrogen and oxygen atoms in total. The van der Waals surface area contributed by atoms with Crippen LogP contribution in [0.4, 0.5) is 0 Å². The van der Waals surface area contributed by atoms with Crippen LogP contribution in [0.25, 0.3) is 0 Å². The lowest BCUT2D eigenvalue weighted by molar-refractivity contribution is 0.808. The highest BCUT2D eigenvalue weighted by Crippen LogP contribution is 1.98. The molecule has 0 saturated carbocycles. The highest BCUT2D eigenvalue weighted by Gasteiger charge is 1.90. The molecule has 0 aliphatic carbocycles. The number of unbranched alkanes of at least 4 members (excludes halogenated alkanes) is 1. The lowest BCUT2D eigenvalue weighted by Gasteiger charge is -1.89. The van der Waals surface area contributed by atoms with Gasteiger partial charge in [-0.1, -0.05) is 13.3 Å². The van der Waals surface area contributed by atoms with Crippen molar-refractivity contribution in [3.63, 3.8) is 0 Å². The van der Waals surface area contributed by atoms with E-state index in [4.69, 9.17) is 0 Å². The number of aryl methyl sites for hydroxylation is 1. The Labute approximate surface area is 55.3 Å². The standard InChI is InChI=1S/C7H11N2/c1-2-3-4-7-5-6-8-9-7/h5-6H,1-4H2,(H,8,9). The molecule has 49 valence electrons. The van der Waals surface area contributed by atoms with Gasteiger partial charge in [-0.15, -0.1) is 0 Å². The molecule has 0 spiro atoms. The Kier molecular flexibility index (Phi) is 2.31. The van der Waals surface area contributed by atoms with Gasteiger partial charge in [0.15, 0.2) is 0 Å². The van der Waals surface area contributed by atoms with Crippen molar-refractivity contribution >= 4 is 0 Å². The molecule has 1 heterocycles. The molecule has 0 fully saturated rings. The summed E-state index contributed by atoms with van der Waals surface area (Å²) in [6, 6.07) is 2.00. The van der Waals surface area contributed by atoms with Gasteiger partial charge in [0.05, 0.1) is 5.69 Å². The minimum Gasteiger partial charge on any atom is -0.285 e. The Morgan fingerprint density at radius 3 is 3.11 bits per heavy atom. The summed E-state index contributed by atoms with van der Waals surface area (Å²) in [5.74, 6) is 0. The van der Waals surface area contributed by atoms with Gasteiger partial charge in [-0.25, -0.2) is 0 Å². The van der Waals surface area contributed by atoms with Crippen molar-refractivity contribution in [2.75, 3.05) is 0 Å². The van der Waals surface area contributed by atoms with Gasteiger partial charge in [0.25, 0.3) is 0 Å². The fourth-order valence-electron chi connectivity index (χ4n) is 0.736. The van der Waals surface area contributed by atoms with E-state index in [1.807, 2.05) is 12.3 Å². The third kappa shape index (κ3) is 1.88. The summed E-state index contributed by atoms with van der Waals surface area (Å²) in [7, 11) is 0. The number of hydrogen-bond donors (Lipinski definition) is 1. The first-order valence-corrected chi connectivity index (χ1v) is 3.21. The smallest absolute Gasteiger partial charge is 0.0622 e. The molecule has 0 bridgehead atoms. The molecular weight excluding hydrogens is 112 g/mol. The molecule has 0 aliphatic rings. The molecule has 1 N–H and O–H groups in total. The fourth-order valence-corrected chi connectivity index (χ4v) is 0.736. The molecule has 1 aromatic heterocycles. The van der Waals surface area contributed by atoms with E-state index < -0.39 is 0 Å². The number of aromatic nitrogens is 2. The van der Waals surface area contributed by atoms with Crippen LogP contribution in [-0.4, -0.2) is 10.2 Å². The van der Waals surface area contributed by atoms with Gasteiger partial charge in [-0.05, 0) is 18.9 Å². The number of nitrogens with zero attached hydrogens (tertiary/aromatic N) is 1. The first-order valence-electron chi connectivity index (χ1n) is 3.21. The van der Waals surface area contributed by atoms with Gasteiger partial charge in [0.2, 0.25) is 0 Å². The van der Waals surface area contributed by atoms with Crippen LogP contribution < -0.4 is 0 Å². The number of rotatable bonds is 3. The van der Waals surface area contributed by atoms with Crippen LogP contribution in [0.1, 0.15) is 18.5 Å².